The molecule has 0 atom stereocenters. The molecule has 0 saturated heterocycles. The van der Waals surface area contributed by atoms with Crippen molar-refractivity contribution in [3.05, 3.63) is 47.5 Å². The predicted molar refractivity (Wildman–Crippen MR) is 65.8 cm³/mol. The van der Waals surface area contributed by atoms with E-state index in [-0.39, 0.29) is 17.3 Å². The summed E-state index contributed by atoms with van der Waals surface area (Å²) in [4.78, 5) is 26.1. The van der Waals surface area contributed by atoms with E-state index in [1.165, 1.54) is 12.4 Å². The molecule has 0 spiro atoms. The number of carboxylic acid groups (broad SMARTS) is 1. The number of hydrogen-bond donors (Lipinski definition) is 3. The minimum absolute atomic E-state index is 0.152. The number of aromatic carboxylic acids is 1. The number of amides is 1. The van der Waals surface area contributed by atoms with Crippen molar-refractivity contribution in [1.82, 2.24) is 20.5 Å². The fourth-order valence-corrected chi connectivity index (χ4v) is 1.58. The van der Waals surface area contributed by atoms with Crippen LogP contribution in [0, 0.1) is 0 Å². The molecule has 19 heavy (non-hydrogen) atoms. The van der Waals surface area contributed by atoms with Crippen molar-refractivity contribution in [2.24, 2.45) is 0 Å². The van der Waals surface area contributed by atoms with Crippen molar-refractivity contribution in [1.29, 1.82) is 0 Å². The lowest BCUT2D eigenvalue weighted by molar-refractivity contribution is 0.0696. The van der Waals surface area contributed by atoms with E-state index in [4.69, 9.17) is 5.11 Å². The zero-order chi connectivity index (χ0) is 13.7. The zero-order valence-electron chi connectivity index (χ0n) is 9.96. The van der Waals surface area contributed by atoms with Crippen LogP contribution in [0.15, 0.2) is 30.6 Å². The van der Waals surface area contributed by atoms with Crippen molar-refractivity contribution in [2.75, 3.05) is 6.54 Å². The lowest BCUT2D eigenvalue weighted by Crippen LogP contribution is -2.26. The molecule has 1 aromatic carbocycles. The van der Waals surface area contributed by atoms with Gasteiger partial charge in [0.15, 0.2) is 0 Å². The van der Waals surface area contributed by atoms with Crippen LogP contribution in [0.1, 0.15) is 26.5 Å². The highest BCUT2D eigenvalue weighted by Gasteiger charge is 2.08. The van der Waals surface area contributed by atoms with Crippen molar-refractivity contribution < 1.29 is 14.7 Å². The first-order chi connectivity index (χ1) is 9.16. The molecule has 0 aliphatic carbocycles. The minimum atomic E-state index is -0.965. The Kier molecular flexibility index (Phi) is 3.87. The molecule has 7 heteroatoms. The molecule has 0 aliphatic heterocycles. The van der Waals surface area contributed by atoms with Gasteiger partial charge in [0.05, 0.1) is 5.56 Å². The van der Waals surface area contributed by atoms with Crippen molar-refractivity contribution in [3.8, 4) is 0 Å². The van der Waals surface area contributed by atoms with Crippen molar-refractivity contribution >= 4 is 11.9 Å². The van der Waals surface area contributed by atoms with Crippen LogP contribution in [0.5, 0.6) is 0 Å². The van der Waals surface area contributed by atoms with Crippen LogP contribution < -0.4 is 5.32 Å². The fraction of sp³-hybridized carbons (Fsp3) is 0.167. The zero-order valence-corrected chi connectivity index (χ0v) is 9.96. The first-order valence-corrected chi connectivity index (χ1v) is 5.62. The lowest BCUT2D eigenvalue weighted by Gasteiger charge is -2.04. The Morgan fingerprint density at radius 2 is 2.21 bits per heavy atom. The fourth-order valence-electron chi connectivity index (χ4n) is 1.58. The number of aromatic nitrogens is 3. The molecule has 3 N–H and O–H groups in total. The molecule has 0 fully saturated rings. The largest absolute Gasteiger partial charge is 0.478 e. The molecule has 0 aliphatic rings. The summed E-state index contributed by atoms with van der Waals surface area (Å²) < 4.78 is 0. The Hall–Kier alpha value is -2.70. The maximum atomic E-state index is 11.5. The maximum Gasteiger partial charge on any atom is 0.335 e. The van der Waals surface area contributed by atoms with Crippen LogP contribution in [0.3, 0.4) is 0 Å². The van der Waals surface area contributed by atoms with E-state index in [2.05, 4.69) is 20.5 Å². The van der Waals surface area contributed by atoms with Gasteiger partial charge in [-0.1, -0.05) is 12.1 Å². The molecule has 98 valence electrons. The molecule has 0 radical (unpaired) electrons. The quantitative estimate of drug-likeness (QED) is 0.724. The topological polar surface area (TPSA) is 108 Å². The van der Waals surface area contributed by atoms with Gasteiger partial charge in [0.2, 0.25) is 5.82 Å². The predicted octanol–water partition coefficient (Wildman–Crippen LogP) is 0.475. The van der Waals surface area contributed by atoms with E-state index in [1.54, 1.807) is 12.1 Å². The Balaban J connectivity index is 1.87. The minimum Gasteiger partial charge on any atom is -0.478 e. The molecule has 0 bridgehead atoms. The summed E-state index contributed by atoms with van der Waals surface area (Å²) in [7, 11) is 0. The highest BCUT2D eigenvalue weighted by atomic mass is 16.4. The molecule has 2 aromatic rings. The molecule has 7 nitrogen and oxygen atoms in total. The normalized spacial score (nSPS) is 10.1. The maximum absolute atomic E-state index is 11.5. The summed E-state index contributed by atoms with van der Waals surface area (Å²) in [6.45, 7) is 0.391. The van der Waals surface area contributed by atoms with Gasteiger partial charge in [-0.2, -0.15) is 5.10 Å². The molecular weight excluding hydrogens is 248 g/mol. The molecule has 2 rings (SSSR count). The van der Waals surface area contributed by atoms with Crippen LogP contribution in [-0.4, -0.2) is 38.7 Å². The summed E-state index contributed by atoms with van der Waals surface area (Å²) in [6.07, 6.45) is 1.80. The van der Waals surface area contributed by atoms with Crippen molar-refractivity contribution in [3.63, 3.8) is 0 Å². The van der Waals surface area contributed by atoms with Crippen LogP contribution in [0.2, 0.25) is 0 Å². The summed E-state index contributed by atoms with van der Waals surface area (Å²) in [5, 5.41) is 17.6. The van der Waals surface area contributed by atoms with Gasteiger partial charge in [-0.15, -0.1) is 0 Å². The average Bonchev–Trinajstić information content (AvgIpc) is 2.93. The Bertz CT molecular complexity index is 580. The number of carbonyl (C=O) groups excluding carboxylic acids is 1. The van der Waals surface area contributed by atoms with Gasteiger partial charge in [0.25, 0.3) is 5.91 Å². The molecule has 1 amide bonds. The Morgan fingerprint density at radius 1 is 1.37 bits per heavy atom. The second-order valence-electron chi connectivity index (χ2n) is 3.85. The van der Waals surface area contributed by atoms with Gasteiger partial charge >= 0.3 is 5.97 Å². The number of hydrogen-bond acceptors (Lipinski definition) is 4. The van der Waals surface area contributed by atoms with E-state index in [0.29, 0.717) is 13.0 Å². The summed E-state index contributed by atoms with van der Waals surface area (Å²) >= 11 is 0. The standard InChI is InChI=1S/C12H12N4O3/c17-11(10-14-7-15-16-10)13-5-4-8-2-1-3-9(6-8)12(18)19/h1-3,6-7H,4-5H2,(H,13,17)(H,18,19)(H,14,15,16). The highest BCUT2D eigenvalue weighted by molar-refractivity contribution is 5.90. The third-order valence-electron chi connectivity index (χ3n) is 2.50. The van der Waals surface area contributed by atoms with Crippen LogP contribution >= 0.6 is 0 Å². The van der Waals surface area contributed by atoms with Crippen LogP contribution in [0.4, 0.5) is 0 Å². The number of nitrogens with zero attached hydrogens (tertiary/aromatic N) is 2. The highest BCUT2D eigenvalue weighted by Crippen LogP contribution is 2.05. The summed E-state index contributed by atoms with van der Waals surface area (Å²) in [5.41, 5.74) is 1.08. The molecule has 1 aromatic heterocycles. The smallest absolute Gasteiger partial charge is 0.335 e. The Morgan fingerprint density at radius 3 is 2.89 bits per heavy atom. The van der Waals surface area contributed by atoms with Crippen LogP contribution in [0.25, 0.3) is 0 Å². The van der Waals surface area contributed by atoms with Crippen LogP contribution in [-0.2, 0) is 6.42 Å². The Labute approximate surface area is 108 Å². The first kappa shape index (κ1) is 12.7. The lowest BCUT2D eigenvalue weighted by atomic mass is 10.1. The van der Waals surface area contributed by atoms with Gasteiger partial charge in [0.1, 0.15) is 6.33 Å². The van der Waals surface area contributed by atoms with Gasteiger partial charge < -0.3 is 10.4 Å². The third kappa shape index (κ3) is 3.38. The monoisotopic (exact) mass is 260 g/mol. The number of H-pyrrole nitrogens is 1. The summed E-state index contributed by atoms with van der Waals surface area (Å²) in [6, 6.07) is 6.60. The average molecular weight is 260 g/mol. The number of carboxylic acids is 1. The number of aromatic amines is 1. The van der Waals surface area contributed by atoms with E-state index < -0.39 is 5.97 Å². The van der Waals surface area contributed by atoms with Gasteiger partial charge in [-0.05, 0) is 24.1 Å². The SMILES string of the molecule is O=C(O)c1cccc(CCNC(=O)c2ncn[nH]2)c1. The molecule has 0 unspecified atom stereocenters. The number of carbonyl (C=O) groups is 2. The molecular formula is C12H12N4O3. The van der Waals surface area contributed by atoms with Gasteiger partial charge in [-0.25, -0.2) is 9.78 Å². The first-order valence-electron chi connectivity index (χ1n) is 5.62. The third-order valence-corrected chi connectivity index (χ3v) is 2.50. The number of benzene rings is 1. The van der Waals surface area contributed by atoms with E-state index in [0.717, 1.165) is 5.56 Å². The van der Waals surface area contributed by atoms with Crippen molar-refractivity contribution in [2.45, 2.75) is 6.42 Å². The second kappa shape index (κ2) is 5.76. The van der Waals surface area contributed by atoms with E-state index in [1.807, 2.05) is 6.07 Å². The van der Waals surface area contributed by atoms with Gasteiger partial charge in [0, 0.05) is 6.54 Å². The summed E-state index contributed by atoms with van der Waals surface area (Å²) in [5.74, 6) is -1.15. The van der Waals surface area contributed by atoms with Gasteiger partial charge in [-0.3, -0.25) is 9.89 Å². The number of rotatable bonds is 5. The molecule has 1 heterocycles. The van der Waals surface area contributed by atoms with E-state index in [9.17, 15) is 9.59 Å². The second-order valence-corrected chi connectivity index (χ2v) is 3.85. The molecule has 0 saturated carbocycles. The van der Waals surface area contributed by atoms with E-state index >= 15 is 0 Å². The number of nitrogens with one attached hydrogen (secondary N) is 2.